The van der Waals surface area contributed by atoms with Crippen molar-refractivity contribution in [3.05, 3.63) is 54.1 Å². The van der Waals surface area contributed by atoms with Crippen molar-refractivity contribution in [1.82, 2.24) is 15.2 Å². The van der Waals surface area contributed by atoms with E-state index in [0.717, 1.165) is 35.6 Å². The van der Waals surface area contributed by atoms with Gasteiger partial charge < -0.3 is 9.64 Å². The number of ether oxygens (including phenoxy) is 1. The number of fused-ring (bicyclic) bond motifs is 3. The van der Waals surface area contributed by atoms with Crippen molar-refractivity contribution < 1.29 is 9.53 Å². The Hall–Kier alpha value is -3.13. The molecule has 160 valence electrons. The first-order valence-electron chi connectivity index (χ1n) is 10.3. The lowest BCUT2D eigenvalue weighted by atomic mass is 10.1. The van der Waals surface area contributed by atoms with E-state index in [1.807, 2.05) is 42.7 Å². The third-order valence-corrected chi connectivity index (χ3v) is 5.88. The standard InChI is InChI=1S/C23H25N5O2S/c1-5-27(6-2)17-13-11-16(12-14-17)22-28(15(3)29)19-10-8-7-9-18(19)20-21(30-22)24-23(31-4)26-25-20/h7-14,22H,5-6H2,1-4H3/t22-/m0/s1. The average Bonchev–Trinajstić information content (AvgIpc) is 2.94. The van der Waals surface area contributed by atoms with Crippen LogP contribution < -0.4 is 14.5 Å². The van der Waals surface area contributed by atoms with Crippen molar-refractivity contribution in [3.8, 4) is 17.1 Å². The van der Waals surface area contributed by atoms with Gasteiger partial charge in [-0.1, -0.05) is 42.1 Å². The second-order valence-corrected chi connectivity index (χ2v) is 7.87. The summed E-state index contributed by atoms with van der Waals surface area (Å²) in [5.41, 5.74) is 4.01. The molecule has 1 atom stereocenters. The molecule has 31 heavy (non-hydrogen) atoms. The lowest BCUT2D eigenvalue weighted by Crippen LogP contribution is -2.36. The number of carbonyl (C=O) groups excluding carboxylic acids is 1. The van der Waals surface area contributed by atoms with Gasteiger partial charge in [-0.15, -0.1) is 10.2 Å². The summed E-state index contributed by atoms with van der Waals surface area (Å²) in [6.45, 7) is 7.66. The maximum atomic E-state index is 12.8. The van der Waals surface area contributed by atoms with Gasteiger partial charge in [0.2, 0.25) is 23.2 Å². The Morgan fingerprint density at radius 2 is 1.81 bits per heavy atom. The molecule has 1 aromatic heterocycles. The molecule has 1 aliphatic heterocycles. The number of para-hydroxylation sites is 1. The summed E-state index contributed by atoms with van der Waals surface area (Å²) in [6.07, 6.45) is 1.22. The first kappa shape index (κ1) is 21.1. The van der Waals surface area contributed by atoms with Crippen molar-refractivity contribution in [1.29, 1.82) is 0 Å². The van der Waals surface area contributed by atoms with Gasteiger partial charge in [-0.3, -0.25) is 9.69 Å². The van der Waals surface area contributed by atoms with E-state index in [9.17, 15) is 4.79 Å². The molecule has 0 saturated heterocycles. The zero-order valence-electron chi connectivity index (χ0n) is 18.1. The normalized spacial score (nSPS) is 14.8. The lowest BCUT2D eigenvalue weighted by molar-refractivity contribution is -0.118. The maximum absolute atomic E-state index is 12.8. The van der Waals surface area contributed by atoms with Crippen molar-refractivity contribution in [3.63, 3.8) is 0 Å². The number of carbonyl (C=O) groups is 1. The van der Waals surface area contributed by atoms with Gasteiger partial charge >= 0.3 is 0 Å². The van der Waals surface area contributed by atoms with Crippen molar-refractivity contribution in [2.24, 2.45) is 0 Å². The summed E-state index contributed by atoms with van der Waals surface area (Å²) in [5.74, 6) is 0.240. The molecule has 2 aromatic carbocycles. The molecule has 1 aliphatic rings. The lowest BCUT2D eigenvalue weighted by Gasteiger charge is -2.30. The quantitative estimate of drug-likeness (QED) is 0.544. The number of rotatable bonds is 5. The molecule has 0 unspecified atom stereocenters. The van der Waals surface area contributed by atoms with Crippen LogP contribution in [0.5, 0.6) is 5.88 Å². The minimum Gasteiger partial charge on any atom is -0.447 e. The summed E-state index contributed by atoms with van der Waals surface area (Å²) < 4.78 is 6.36. The van der Waals surface area contributed by atoms with Crippen LogP contribution in [0.3, 0.4) is 0 Å². The van der Waals surface area contributed by atoms with Gasteiger partial charge in [0.1, 0.15) is 0 Å². The molecular formula is C23H25N5O2S. The minimum absolute atomic E-state index is 0.129. The molecule has 7 nitrogen and oxygen atoms in total. The molecule has 0 aliphatic carbocycles. The van der Waals surface area contributed by atoms with Gasteiger partial charge in [0, 0.05) is 36.8 Å². The van der Waals surface area contributed by atoms with E-state index in [4.69, 9.17) is 4.74 Å². The van der Waals surface area contributed by atoms with Crippen LogP contribution >= 0.6 is 11.8 Å². The first-order chi connectivity index (χ1) is 15.1. The van der Waals surface area contributed by atoms with Crippen molar-refractivity contribution in [2.45, 2.75) is 32.2 Å². The molecule has 4 rings (SSSR count). The number of anilines is 2. The van der Waals surface area contributed by atoms with Crippen LogP contribution in [0.25, 0.3) is 11.3 Å². The van der Waals surface area contributed by atoms with E-state index in [-0.39, 0.29) is 5.91 Å². The third-order valence-electron chi connectivity index (χ3n) is 5.34. The van der Waals surface area contributed by atoms with E-state index in [2.05, 4.69) is 46.1 Å². The van der Waals surface area contributed by atoms with Crippen LogP contribution in [-0.4, -0.2) is 40.4 Å². The molecule has 8 heteroatoms. The number of thioether (sulfide) groups is 1. The SMILES string of the molecule is CCN(CC)c1ccc([C@@H]2Oc3nc(SC)nnc3-c3ccccc3N2C(C)=O)cc1. The fraction of sp³-hybridized carbons (Fsp3) is 0.304. The maximum Gasteiger partial charge on any atom is 0.247 e. The smallest absolute Gasteiger partial charge is 0.247 e. The molecule has 0 radical (unpaired) electrons. The molecule has 0 N–H and O–H groups in total. The van der Waals surface area contributed by atoms with Crippen LogP contribution in [0.1, 0.15) is 32.6 Å². The molecule has 1 amide bonds. The fourth-order valence-corrected chi connectivity index (χ4v) is 4.09. The number of hydrogen-bond donors (Lipinski definition) is 0. The Morgan fingerprint density at radius 1 is 1.10 bits per heavy atom. The predicted octanol–water partition coefficient (Wildman–Crippen LogP) is 4.55. The van der Waals surface area contributed by atoms with E-state index in [1.165, 1.54) is 11.8 Å². The monoisotopic (exact) mass is 435 g/mol. The highest BCUT2D eigenvalue weighted by atomic mass is 32.2. The van der Waals surface area contributed by atoms with E-state index >= 15 is 0 Å². The number of amides is 1. The highest BCUT2D eigenvalue weighted by molar-refractivity contribution is 7.98. The number of nitrogens with zero attached hydrogens (tertiary/aromatic N) is 5. The Kier molecular flexibility index (Phi) is 6.08. The van der Waals surface area contributed by atoms with Gasteiger partial charge in [-0.25, -0.2) is 0 Å². The van der Waals surface area contributed by atoms with E-state index < -0.39 is 6.23 Å². The van der Waals surface area contributed by atoms with E-state index in [1.54, 1.807) is 11.8 Å². The number of benzene rings is 2. The van der Waals surface area contributed by atoms with Crippen molar-refractivity contribution >= 4 is 29.0 Å². The predicted molar refractivity (Wildman–Crippen MR) is 124 cm³/mol. The van der Waals surface area contributed by atoms with Crippen molar-refractivity contribution in [2.75, 3.05) is 29.1 Å². The van der Waals surface area contributed by atoms with Gasteiger partial charge in [-0.05, 0) is 38.3 Å². The molecule has 0 spiro atoms. The molecular weight excluding hydrogens is 410 g/mol. The first-order valence-corrected chi connectivity index (χ1v) is 11.5. The Balaban J connectivity index is 1.86. The summed E-state index contributed by atoms with van der Waals surface area (Å²) in [7, 11) is 0. The summed E-state index contributed by atoms with van der Waals surface area (Å²) in [4.78, 5) is 21.3. The topological polar surface area (TPSA) is 71.5 Å². The highest BCUT2D eigenvalue weighted by Crippen LogP contribution is 2.43. The van der Waals surface area contributed by atoms with Crippen LogP contribution in [0.15, 0.2) is 53.7 Å². The molecule has 2 heterocycles. The second kappa shape index (κ2) is 8.93. The largest absolute Gasteiger partial charge is 0.447 e. The Labute approximate surface area is 186 Å². The Bertz CT molecular complexity index is 1090. The van der Waals surface area contributed by atoms with Crippen LogP contribution in [-0.2, 0) is 4.79 Å². The number of hydrogen-bond acceptors (Lipinski definition) is 7. The van der Waals surface area contributed by atoms with Gasteiger partial charge in [0.15, 0.2) is 5.69 Å². The highest BCUT2D eigenvalue weighted by Gasteiger charge is 2.34. The summed E-state index contributed by atoms with van der Waals surface area (Å²) in [6, 6.07) is 15.8. The molecule has 0 bridgehead atoms. The minimum atomic E-state index is -0.669. The third kappa shape index (κ3) is 3.95. The molecule has 3 aromatic rings. The van der Waals surface area contributed by atoms with Crippen LogP contribution in [0, 0.1) is 0 Å². The average molecular weight is 436 g/mol. The zero-order chi connectivity index (χ0) is 22.0. The molecule has 0 saturated carbocycles. The Morgan fingerprint density at radius 3 is 2.45 bits per heavy atom. The number of aromatic nitrogens is 3. The van der Waals surface area contributed by atoms with Crippen LogP contribution in [0.4, 0.5) is 11.4 Å². The summed E-state index contributed by atoms with van der Waals surface area (Å²) in [5, 5.41) is 9.07. The summed E-state index contributed by atoms with van der Waals surface area (Å²) >= 11 is 1.39. The van der Waals surface area contributed by atoms with E-state index in [0.29, 0.717) is 16.7 Å². The van der Waals surface area contributed by atoms with Gasteiger partial charge in [0.25, 0.3) is 0 Å². The fourth-order valence-electron chi connectivity index (χ4n) is 3.79. The zero-order valence-corrected chi connectivity index (χ0v) is 18.9. The molecule has 0 fully saturated rings. The van der Waals surface area contributed by atoms with Gasteiger partial charge in [-0.2, -0.15) is 4.98 Å². The van der Waals surface area contributed by atoms with Gasteiger partial charge in [0.05, 0.1) is 5.69 Å². The van der Waals surface area contributed by atoms with Crippen LogP contribution in [0.2, 0.25) is 0 Å². The second-order valence-electron chi connectivity index (χ2n) is 7.09.